The second-order valence-electron chi connectivity index (χ2n) is 11.3. The Hall–Kier alpha value is -2.39. The predicted octanol–water partition coefficient (Wildman–Crippen LogP) is 2.70. The lowest BCUT2D eigenvalue weighted by atomic mass is 9.47. The molecule has 0 radical (unpaired) electrons. The van der Waals surface area contributed by atoms with Gasteiger partial charge in [-0.15, -0.1) is 0 Å². The SMILES string of the molecule is Cn1ccc2cc(N(CC3(C(=O)NC4C5CC6CC4CC(C(N)=O)(C6)C5)CC3)S(=O)O)ccc21. The quantitative estimate of drug-likeness (QED) is 0.524. The molecule has 1 heterocycles. The fourth-order valence-electron chi connectivity index (χ4n) is 7.41. The number of primary amides is 1. The number of amides is 2. The number of nitrogens with one attached hydrogen (secondary N) is 1. The summed E-state index contributed by atoms with van der Waals surface area (Å²) >= 11 is -2.24. The van der Waals surface area contributed by atoms with Crippen molar-refractivity contribution in [2.75, 3.05) is 10.8 Å². The summed E-state index contributed by atoms with van der Waals surface area (Å²) < 4.78 is 25.8. The van der Waals surface area contributed by atoms with Crippen LogP contribution in [0, 0.1) is 28.6 Å². The van der Waals surface area contributed by atoms with E-state index in [0.717, 1.165) is 43.0 Å². The lowest BCUT2D eigenvalue weighted by Crippen LogP contribution is -2.62. The largest absolute Gasteiger partial charge is 0.369 e. The summed E-state index contributed by atoms with van der Waals surface area (Å²) in [6, 6.07) is 7.72. The molecule has 3 atom stereocenters. The summed E-state index contributed by atoms with van der Waals surface area (Å²) in [7, 11) is 1.96. The van der Waals surface area contributed by atoms with E-state index < -0.39 is 16.7 Å². The Morgan fingerprint density at radius 3 is 2.53 bits per heavy atom. The number of fused-ring (bicyclic) bond motifs is 1. The second kappa shape index (κ2) is 7.55. The average Bonchev–Trinajstić information content (AvgIpc) is 3.50. The molecule has 1 aromatic heterocycles. The van der Waals surface area contributed by atoms with E-state index in [4.69, 9.17) is 5.73 Å². The first-order chi connectivity index (χ1) is 16.2. The molecule has 7 rings (SSSR count). The molecule has 0 saturated heterocycles. The maximum atomic E-state index is 13.5. The molecule has 5 fully saturated rings. The number of nitrogens with zero attached hydrogens (tertiary/aromatic N) is 2. The number of anilines is 1. The molecule has 5 aliphatic rings. The van der Waals surface area contributed by atoms with Gasteiger partial charge in [-0.1, -0.05) is 0 Å². The highest BCUT2D eigenvalue weighted by atomic mass is 32.2. The molecule has 2 amide bonds. The molecule has 1 aromatic carbocycles. The van der Waals surface area contributed by atoms with Crippen LogP contribution < -0.4 is 15.4 Å². The molecule has 9 heteroatoms. The van der Waals surface area contributed by atoms with E-state index in [1.165, 1.54) is 4.31 Å². The minimum Gasteiger partial charge on any atom is -0.369 e. The summed E-state index contributed by atoms with van der Waals surface area (Å²) in [5, 5.41) is 4.34. The lowest BCUT2D eigenvalue weighted by molar-refractivity contribution is -0.148. The van der Waals surface area contributed by atoms with Crippen molar-refractivity contribution in [3.05, 3.63) is 30.5 Å². The molecule has 2 aromatic rings. The highest BCUT2D eigenvalue weighted by Crippen LogP contribution is 2.60. The first kappa shape index (κ1) is 22.1. The van der Waals surface area contributed by atoms with Crippen LogP contribution in [0.1, 0.15) is 44.9 Å². The third kappa shape index (κ3) is 3.39. The van der Waals surface area contributed by atoms with E-state index in [-0.39, 0.29) is 29.8 Å². The Morgan fingerprint density at radius 2 is 1.91 bits per heavy atom. The monoisotopic (exact) mass is 484 g/mol. The van der Waals surface area contributed by atoms with Crippen LogP contribution in [-0.2, 0) is 27.9 Å². The number of carbonyl (C=O) groups excluding carboxylic acids is 2. The van der Waals surface area contributed by atoms with Crippen LogP contribution in [-0.4, -0.2) is 37.7 Å². The fraction of sp³-hybridized carbons (Fsp3) is 0.600. The van der Waals surface area contributed by atoms with Crippen molar-refractivity contribution in [3.8, 4) is 0 Å². The van der Waals surface area contributed by atoms with E-state index in [2.05, 4.69) is 5.32 Å². The highest BCUT2D eigenvalue weighted by Gasteiger charge is 2.59. The molecular weight excluding hydrogens is 452 g/mol. The molecule has 3 unspecified atom stereocenters. The van der Waals surface area contributed by atoms with Crippen molar-refractivity contribution in [3.63, 3.8) is 0 Å². The lowest BCUT2D eigenvalue weighted by Gasteiger charge is -2.59. The van der Waals surface area contributed by atoms with E-state index in [1.807, 2.05) is 42.1 Å². The minimum absolute atomic E-state index is 0.0191. The van der Waals surface area contributed by atoms with Crippen molar-refractivity contribution < 1.29 is 18.4 Å². The van der Waals surface area contributed by atoms with Crippen LogP contribution in [0.15, 0.2) is 30.5 Å². The number of hydrogen-bond donors (Lipinski definition) is 3. The number of aryl methyl sites for hydroxylation is 1. The van der Waals surface area contributed by atoms with Gasteiger partial charge in [0.1, 0.15) is 0 Å². The van der Waals surface area contributed by atoms with Crippen molar-refractivity contribution in [2.24, 2.45) is 41.4 Å². The van der Waals surface area contributed by atoms with Gasteiger partial charge in [0.25, 0.3) is 11.3 Å². The first-order valence-electron chi connectivity index (χ1n) is 12.2. The molecule has 34 heavy (non-hydrogen) atoms. The van der Waals surface area contributed by atoms with E-state index >= 15 is 0 Å². The summed E-state index contributed by atoms with van der Waals surface area (Å²) in [5.41, 5.74) is 6.45. The van der Waals surface area contributed by atoms with Crippen LogP contribution in [0.3, 0.4) is 0 Å². The van der Waals surface area contributed by atoms with Crippen LogP contribution in [0.4, 0.5) is 5.69 Å². The van der Waals surface area contributed by atoms with E-state index in [0.29, 0.717) is 36.3 Å². The summed E-state index contributed by atoms with van der Waals surface area (Å²) in [6.45, 7) is 0.205. The number of rotatable bonds is 7. The fourth-order valence-corrected chi connectivity index (χ4v) is 8.06. The number of hydrogen-bond acceptors (Lipinski definition) is 3. The molecule has 0 aliphatic heterocycles. The normalized spacial score (nSPS) is 33.6. The molecule has 4 N–H and O–H groups in total. The van der Waals surface area contributed by atoms with E-state index in [1.54, 1.807) is 0 Å². The Morgan fingerprint density at radius 1 is 1.21 bits per heavy atom. The zero-order chi connectivity index (χ0) is 23.8. The Kier molecular flexibility index (Phi) is 4.91. The van der Waals surface area contributed by atoms with Crippen molar-refractivity contribution in [1.29, 1.82) is 0 Å². The standard InChI is InChI=1S/C25H32N4O4S/c1-28-7-4-16-10-19(2-3-20(16)28)29(34(32)33)14-24(5-6-24)23(31)27-21-17-8-15-9-18(21)13-25(11-15,12-17)22(26)30/h2-4,7,10,15,17-18,21H,5-6,8-9,11-14H2,1H3,(H2,26,30)(H,27,31)(H,32,33). The van der Waals surface area contributed by atoms with Crippen LogP contribution in [0.2, 0.25) is 0 Å². The average molecular weight is 485 g/mol. The zero-order valence-corrected chi connectivity index (χ0v) is 20.2. The molecule has 182 valence electrons. The Balaban J connectivity index is 1.19. The Bertz CT molecular complexity index is 1190. The minimum atomic E-state index is -2.24. The van der Waals surface area contributed by atoms with Gasteiger partial charge in [-0.2, -0.15) is 0 Å². The molecular formula is C25H32N4O4S. The van der Waals surface area contributed by atoms with Crippen LogP contribution in [0.5, 0.6) is 0 Å². The summed E-state index contributed by atoms with van der Waals surface area (Å²) in [6.07, 6.45) is 7.92. The van der Waals surface area contributed by atoms with Gasteiger partial charge in [-0.25, -0.2) is 4.21 Å². The van der Waals surface area contributed by atoms with Gasteiger partial charge in [-0.3, -0.25) is 18.4 Å². The van der Waals surface area contributed by atoms with Gasteiger partial charge in [0.05, 0.1) is 11.1 Å². The predicted molar refractivity (Wildman–Crippen MR) is 130 cm³/mol. The van der Waals surface area contributed by atoms with Gasteiger partial charge in [0.15, 0.2) is 0 Å². The van der Waals surface area contributed by atoms with Crippen molar-refractivity contribution in [2.45, 2.75) is 51.0 Å². The molecule has 5 aliphatic carbocycles. The van der Waals surface area contributed by atoms with Crippen molar-refractivity contribution >= 4 is 39.7 Å². The van der Waals surface area contributed by atoms with Gasteiger partial charge in [-0.05, 0) is 87.0 Å². The van der Waals surface area contributed by atoms with Crippen LogP contribution >= 0.6 is 0 Å². The van der Waals surface area contributed by atoms with Gasteiger partial charge >= 0.3 is 0 Å². The number of aromatic nitrogens is 1. The molecule has 0 spiro atoms. The number of carbonyl (C=O) groups is 2. The smallest absolute Gasteiger partial charge is 0.261 e. The van der Waals surface area contributed by atoms with Gasteiger partial charge in [0.2, 0.25) is 11.8 Å². The third-order valence-corrected chi connectivity index (χ3v) is 9.94. The van der Waals surface area contributed by atoms with Crippen molar-refractivity contribution in [1.82, 2.24) is 9.88 Å². The van der Waals surface area contributed by atoms with Gasteiger partial charge < -0.3 is 15.6 Å². The summed E-state index contributed by atoms with van der Waals surface area (Å²) in [5.74, 6) is 0.929. The molecule has 8 nitrogen and oxygen atoms in total. The number of benzene rings is 1. The maximum absolute atomic E-state index is 13.5. The summed E-state index contributed by atoms with van der Waals surface area (Å²) in [4.78, 5) is 25.8. The second-order valence-corrected chi connectivity index (χ2v) is 12.2. The number of nitrogens with two attached hydrogens (primary N) is 1. The van der Waals surface area contributed by atoms with Crippen LogP contribution in [0.25, 0.3) is 10.9 Å². The molecule has 4 bridgehead atoms. The van der Waals surface area contributed by atoms with Gasteiger partial charge in [0, 0.05) is 42.1 Å². The first-order valence-corrected chi connectivity index (χ1v) is 13.3. The topological polar surface area (TPSA) is 118 Å². The zero-order valence-electron chi connectivity index (χ0n) is 19.4. The maximum Gasteiger partial charge on any atom is 0.261 e. The molecule has 5 saturated carbocycles. The third-order valence-electron chi connectivity index (χ3n) is 9.22. The Labute approximate surface area is 201 Å². The highest BCUT2D eigenvalue weighted by molar-refractivity contribution is 7.80. The van der Waals surface area contributed by atoms with E-state index in [9.17, 15) is 18.4 Å².